The zero-order valence-corrected chi connectivity index (χ0v) is 24.0. The molecule has 5 nitrogen and oxygen atoms in total. The van der Waals surface area contributed by atoms with Crippen molar-refractivity contribution in [2.75, 3.05) is 12.8 Å². The number of rotatable bonds is 6. The lowest BCUT2D eigenvalue weighted by Gasteiger charge is -2.25. The highest BCUT2D eigenvalue weighted by molar-refractivity contribution is 5.85. The fraction of sp³-hybridized carbons (Fsp3) is 0.367. The molecule has 1 fully saturated rings. The lowest BCUT2D eigenvalue weighted by molar-refractivity contribution is -0.143. The van der Waals surface area contributed by atoms with Crippen molar-refractivity contribution in [3.8, 4) is 16.9 Å². The first kappa shape index (κ1) is 33.7. The number of carbonyl (C=O) groups excluding carboxylic acids is 1. The topological polar surface area (TPSA) is 64.8 Å². The first-order valence-electron chi connectivity index (χ1n) is 13.3. The lowest BCUT2D eigenvalue weighted by Crippen LogP contribution is -2.32. The molecule has 0 radical (unpaired) electrons. The maximum atomic E-state index is 14.8. The molecule has 3 aromatic rings. The van der Waals surface area contributed by atoms with Gasteiger partial charge < -0.3 is 15.2 Å². The first-order chi connectivity index (χ1) is 20.6. The van der Waals surface area contributed by atoms with Crippen LogP contribution in [0.2, 0.25) is 0 Å². The van der Waals surface area contributed by atoms with Crippen molar-refractivity contribution in [2.24, 2.45) is 0 Å². The molecule has 0 aliphatic carbocycles. The van der Waals surface area contributed by atoms with Gasteiger partial charge in [-0.25, -0.2) is 9.18 Å². The molecular formula is C30H26F10N2O3. The van der Waals surface area contributed by atoms with E-state index in [1.807, 2.05) is 0 Å². The molecule has 0 saturated carbocycles. The summed E-state index contributed by atoms with van der Waals surface area (Å²) in [5.74, 6) is -1.16. The Morgan fingerprint density at radius 3 is 1.89 bits per heavy atom. The van der Waals surface area contributed by atoms with E-state index in [1.165, 1.54) is 20.1 Å². The second kappa shape index (κ2) is 11.6. The van der Waals surface area contributed by atoms with Gasteiger partial charge in [-0.15, -0.1) is 0 Å². The van der Waals surface area contributed by atoms with Crippen LogP contribution in [0.5, 0.6) is 5.75 Å². The Kier molecular flexibility index (Phi) is 8.72. The summed E-state index contributed by atoms with van der Waals surface area (Å²) in [5.41, 5.74) is 0.570. The quantitative estimate of drug-likeness (QED) is 0.213. The molecule has 15 heteroatoms. The zero-order valence-electron chi connectivity index (χ0n) is 24.0. The van der Waals surface area contributed by atoms with Gasteiger partial charge >= 0.3 is 24.6 Å². The van der Waals surface area contributed by atoms with Crippen molar-refractivity contribution in [3.05, 3.63) is 81.7 Å². The van der Waals surface area contributed by atoms with Crippen molar-refractivity contribution in [3.63, 3.8) is 0 Å². The standard InChI is InChI=1S/C30H26F10N2O3/c1-13(2)19-10-20(24(44-4)11-22(19)31)25-21(8-18(9-23(25)41)30(38,39)40)26-14(3)42(27(43)45-26)12-15-5-16(28(32,33)34)7-17(6-15)29(35,36)37/h5-11,13-14,26H,12,41H2,1-4H3/t14?,26-/m0/s1. The van der Waals surface area contributed by atoms with Crippen LogP contribution in [-0.4, -0.2) is 24.1 Å². The summed E-state index contributed by atoms with van der Waals surface area (Å²) in [6.45, 7) is 3.84. The summed E-state index contributed by atoms with van der Waals surface area (Å²) < 4.78 is 148. The number of alkyl halides is 9. The zero-order chi connectivity index (χ0) is 33.8. The Balaban J connectivity index is 1.87. The number of carbonyl (C=O) groups is 1. The highest BCUT2D eigenvalue weighted by Crippen LogP contribution is 2.47. The average Bonchev–Trinajstić information content (AvgIpc) is 3.19. The summed E-state index contributed by atoms with van der Waals surface area (Å²) >= 11 is 0. The van der Waals surface area contributed by atoms with Crippen LogP contribution in [0.4, 0.5) is 54.4 Å². The summed E-state index contributed by atoms with van der Waals surface area (Å²) in [6.07, 6.45) is -18.0. The Morgan fingerprint density at radius 2 is 1.40 bits per heavy atom. The van der Waals surface area contributed by atoms with E-state index in [1.54, 1.807) is 13.8 Å². The molecule has 1 saturated heterocycles. The second-order valence-electron chi connectivity index (χ2n) is 10.8. The van der Waals surface area contributed by atoms with Gasteiger partial charge in [-0.2, -0.15) is 39.5 Å². The molecule has 1 aliphatic heterocycles. The van der Waals surface area contributed by atoms with Crippen LogP contribution in [0.1, 0.15) is 66.2 Å². The molecule has 45 heavy (non-hydrogen) atoms. The highest BCUT2D eigenvalue weighted by Gasteiger charge is 2.44. The molecule has 3 aromatic carbocycles. The molecule has 0 spiro atoms. The number of nitrogens with zero attached hydrogens (tertiary/aromatic N) is 1. The predicted octanol–water partition coefficient (Wildman–Crippen LogP) is 9.35. The van der Waals surface area contributed by atoms with E-state index in [2.05, 4.69) is 0 Å². The smallest absolute Gasteiger partial charge is 0.416 e. The minimum Gasteiger partial charge on any atom is -0.496 e. The minimum absolute atomic E-state index is 0.0678. The number of ether oxygens (including phenoxy) is 2. The number of nitrogen functional groups attached to an aromatic ring is 1. The van der Waals surface area contributed by atoms with Crippen LogP contribution < -0.4 is 10.5 Å². The normalized spacial score (nSPS) is 17.7. The molecule has 1 aliphatic rings. The Hall–Kier alpha value is -4.17. The number of amides is 1. The van der Waals surface area contributed by atoms with Gasteiger partial charge in [-0.05, 0) is 60.4 Å². The van der Waals surface area contributed by atoms with Crippen LogP contribution in [0.25, 0.3) is 11.1 Å². The van der Waals surface area contributed by atoms with Gasteiger partial charge in [-0.1, -0.05) is 13.8 Å². The molecule has 0 bridgehead atoms. The number of halogens is 10. The number of cyclic esters (lactones) is 1. The monoisotopic (exact) mass is 652 g/mol. The maximum Gasteiger partial charge on any atom is 0.416 e. The largest absolute Gasteiger partial charge is 0.496 e. The van der Waals surface area contributed by atoms with E-state index in [4.69, 9.17) is 15.2 Å². The Morgan fingerprint density at radius 1 is 0.867 bits per heavy atom. The van der Waals surface area contributed by atoms with Crippen LogP contribution >= 0.6 is 0 Å². The number of methoxy groups -OCH3 is 1. The van der Waals surface area contributed by atoms with Crippen LogP contribution in [0, 0.1) is 5.82 Å². The molecule has 1 heterocycles. The van der Waals surface area contributed by atoms with Crippen LogP contribution in [0.15, 0.2) is 42.5 Å². The van der Waals surface area contributed by atoms with Gasteiger partial charge in [0.25, 0.3) is 0 Å². The van der Waals surface area contributed by atoms with E-state index < -0.39 is 77.1 Å². The van der Waals surface area contributed by atoms with Crippen molar-refractivity contribution >= 4 is 11.8 Å². The van der Waals surface area contributed by atoms with Crippen molar-refractivity contribution in [1.29, 1.82) is 0 Å². The molecule has 244 valence electrons. The summed E-state index contributed by atoms with van der Waals surface area (Å²) in [5, 5.41) is 0. The third-order valence-corrected chi connectivity index (χ3v) is 7.44. The van der Waals surface area contributed by atoms with E-state index in [0.29, 0.717) is 24.3 Å². The first-order valence-corrected chi connectivity index (χ1v) is 13.3. The van der Waals surface area contributed by atoms with Crippen molar-refractivity contribution < 1.29 is 58.2 Å². The van der Waals surface area contributed by atoms with Crippen molar-refractivity contribution in [1.82, 2.24) is 4.90 Å². The molecule has 2 atom stereocenters. The lowest BCUT2D eigenvalue weighted by atomic mass is 9.87. The van der Waals surface area contributed by atoms with E-state index in [9.17, 15) is 48.7 Å². The van der Waals surface area contributed by atoms with Crippen molar-refractivity contribution in [2.45, 2.75) is 63.9 Å². The number of nitrogens with two attached hydrogens (primary N) is 1. The van der Waals surface area contributed by atoms with Crippen LogP contribution in [-0.2, 0) is 29.8 Å². The molecule has 0 aromatic heterocycles. The molecule has 1 amide bonds. The number of anilines is 1. The minimum atomic E-state index is -5.15. The fourth-order valence-electron chi connectivity index (χ4n) is 5.21. The molecule has 1 unspecified atom stereocenters. The van der Waals surface area contributed by atoms with E-state index >= 15 is 0 Å². The number of hydrogen-bond donors (Lipinski definition) is 1. The number of hydrogen-bond acceptors (Lipinski definition) is 4. The SMILES string of the molecule is COc1cc(F)c(C(C)C)cc1-c1c(N)cc(C(F)(F)F)cc1[C@H]1OC(=O)N(Cc2cc(C(F)(F)F)cc(C(F)(F)F)c2)C1C. The fourth-order valence-corrected chi connectivity index (χ4v) is 5.21. The van der Waals surface area contributed by atoms with Gasteiger partial charge in [0.2, 0.25) is 0 Å². The van der Waals surface area contributed by atoms with Gasteiger partial charge in [0, 0.05) is 35.0 Å². The van der Waals surface area contributed by atoms with E-state index in [0.717, 1.165) is 11.0 Å². The summed E-state index contributed by atoms with van der Waals surface area (Å²) in [7, 11) is 1.19. The second-order valence-corrected chi connectivity index (χ2v) is 10.8. The van der Waals surface area contributed by atoms with Gasteiger partial charge in [0.15, 0.2) is 0 Å². The third-order valence-electron chi connectivity index (χ3n) is 7.44. The third kappa shape index (κ3) is 6.76. The van der Waals surface area contributed by atoms with Gasteiger partial charge in [0.05, 0.1) is 29.8 Å². The van der Waals surface area contributed by atoms with Crippen LogP contribution in [0.3, 0.4) is 0 Å². The summed E-state index contributed by atoms with van der Waals surface area (Å²) in [6, 6.07) is 3.25. The number of benzene rings is 3. The Bertz CT molecular complexity index is 1580. The Labute approximate surface area is 250 Å². The van der Waals surface area contributed by atoms with Gasteiger partial charge in [0.1, 0.15) is 17.7 Å². The van der Waals surface area contributed by atoms with Gasteiger partial charge in [-0.3, -0.25) is 4.90 Å². The molecular weight excluding hydrogens is 626 g/mol. The maximum absolute atomic E-state index is 14.8. The highest BCUT2D eigenvalue weighted by atomic mass is 19.4. The summed E-state index contributed by atoms with van der Waals surface area (Å²) in [4.78, 5) is 13.8. The molecule has 2 N–H and O–H groups in total. The average molecular weight is 653 g/mol. The molecule has 4 rings (SSSR count). The van der Waals surface area contributed by atoms with E-state index in [-0.39, 0.29) is 40.0 Å². The predicted molar refractivity (Wildman–Crippen MR) is 143 cm³/mol.